The quantitative estimate of drug-likeness (QED) is 0.172. The van der Waals surface area contributed by atoms with Gasteiger partial charge in [0.1, 0.15) is 0 Å². The lowest BCUT2D eigenvalue weighted by Crippen LogP contribution is -2.14. The van der Waals surface area contributed by atoms with Gasteiger partial charge in [0.25, 0.3) is 0 Å². The second-order valence-electron chi connectivity index (χ2n) is 14.0. The van der Waals surface area contributed by atoms with Crippen molar-refractivity contribution in [2.24, 2.45) is 0 Å². The standard InChI is InChI=1S/C49H34/c1-49(2)44-23-13-12-20-38(44)39-26-25-35(30-45(39)49)46-40-21-10-11-22-41(40)48(42-27-24-32(29-43(42)46)31-14-4-3-5-15-31)47-36-18-8-6-16-33(36)28-34-17-7-9-19-37(34)47/h3-30H,1-2H3. The van der Waals surface area contributed by atoms with Gasteiger partial charge in [0.2, 0.25) is 0 Å². The lowest BCUT2D eigenvalue weighted by atomic mass is 9.79. The molecule has 0 unspecified atom stereocenters. The average Bonchev–Trinajstić information content (AvgIpc) is 3.38. The molecule has 1 aliphatic carbocycles. The summed E-state index contributed by atoms with van der Waals surface area (Å²) in [6.07, 6.45) is 0. The van der Waals surface area contributed by atoms with Gasteiger partial charge in [-0.2, -0.15) is 0 Å². The van der Waals surface area contributed by atoms with Crippen LogP contribution in [0.25, 0.3) is 87.6 Å². The molecule has 1 aliphatic rings. The topological polar surface area (TPSA) is 0 Å². The van der Waals surface area contributed by atoms with E-state index < -0.39 is 0 Å². The van der Waals surface area contributed by atoms with Gasteiger partial charge in [-0.15, -0.1) is 0 Å². The van der Waals surface area contributed by atoms with Gasteiger partial charge < -0.3 is 0 Å². The van der Waals surface area contributed by atoms with Crippen LogP contribution in [0.4, 0.5) is 0 Å². The molecule has 230 valence electrons. The Kier molecular flexibility index (Phi) is 6.02. The van der Waals surface area contributed by atoms with E-state index in [9.17, 15) is 0 Å². The molecular weight excluding hydrogens is 589 g/mol. The van der Waals surface area contributed by atoms with E-state index in [1.54, 1.807) is 0 Å². The zero-order valence-electron chi connectivity index (χ0n) is 27.7. The molecule has 0 heteroatoms. The highest BCUT2D eigenvalue weighted by atomic mass is 14.4. The van der Waals surface area contributed by atoms with Crippen LogP contribution in [0.5, 0.6) is 0 Å². The molecule has 49 heavy (non-hydrogen) atoms. The molecule has 0 spiro atoms. The van der Waals surface area contributed by atoms with E-state index in [2.05, 4.69) is 184 Å². The van der Waals surface area contributed by atoms with Crippen molar-refractivity contribution in [1.29, 1.82) is 0 Å². The molecule has 0 atom stereocenters. The highest BCUT2D eigenvalue weighted by Gasteiger charge is 2.35. The molecule has 0 amide bonds. The second kappa shape index (κ2) is 10.5. The van der Waals surface area contributed by atoms with Gasteiger partial charge in [-0.05, 0) is 117 Å². The highest BCUT2D eigenvalue weighted by molar-refractivity contribution is 6.27. The number of benzene rings is 9. The molecule has 0 aliphatic heterocycles. The molecule has 0 radical (unpaired) electrons. The van der Waals surface area contributed by atoms with Crippen molar-refractivity contribution in [3.63, 3.8) is 0 Å². The summed E-state index contributed by atoms with van der Waals surface area (Å²) in [5.41, 5.74) is 13.0. The number of fused-ring (bicyclic) bond motifs is 7. The third-order valence-electron chi connectivity index (χ3n) is 11.0. The molecule has 0 saturated heterocycles. The zero-order valence-corrected chi connectivity index (χ0v) is 27.7. The van der Waals surface area contributed by atoms with Crippen molar-refractivity contribution in [3.05, 3.63) is 181 Å². The summed E-state index contributed by atoms with van der Waals surface area (Å²) in [6, 6.07) is 63.2. The van der Waals surface area contributed by atoms with E-state index in [-0.39, 0.29) is 5.41 Å². The van der Waals surface area contributed by atoms with Crippen LogP contribution >= 0.6 is 0 Å². The molecule has 9 aromatic carbocycles. The highest BCUT2D eigenvalue weighted by Crippen LogP contribution is 2.52. The first-order chi connectivity index (χ1) is 24.1. The summed E-state index contributed by atoms with van der Waals surface area (Å²) in [7, 11) is 0. The molecular formula is C49H34. The Balaban J connectivity index is 1.37. The van der Waals surface area contributed by atoms with E-state index >= 15 is 0 Å². The molecule has 0 bridgehead atoms. The first-order valence-electron chi connectivity index (χ1n) is 17.3. The molecule has 0 aromatic heterocycles. The Labute approximate surface area is 286 Å². The minimum atomic E-state index is -0.0788. The monoisotopic (exact) mass is 622 g/mol. The van der Waals surface area contributed by atoms with Crippen LogP contribution in [0, 0.1) is 0 Å². The predicted molar refractivity (Wildman–Crippen MR) is 210 cm³/mol. The van der Waals surface area contributed by atoms with Gasteiger partial charge in [0, 0.05) is 5.41 Å². The molecule has 10 rings (SSSR count). The van der Waals surface area contributed by atoms with Gasteiger partial charge in [-0.1, -0.05) is 166 Å². The van der Waals surface area contributed by atoms with Crippen LogP contribution in [0.2, 0.25) is 0 Å². The maximum absolute atomic E-state index is 2.48. The Morgan fingerprint density at radius 3 is 1.57 bits per heavy atom. The first kappa shape index (κ1) is 28.1. The fourth-order valence-electron chi connectivity index (χ4n) is 8.71. The Hall–Kier alpha value is -5.98. The fourth-order valence-corrected chi connectivity index (χ4v) is 8.71. The molecule has 0 fully saturated rings. The second-order valence-corrected chi connectivity index (χ2v) is 14.0. The summed E-state index contributed by atoms with van der Waals surface area (Å²) in [6.45, 7) is 4.75. The summed E-state index contributed by atoms with van der Waals surface area (Å²) >= 11 is 0. The van der Waals surface area contributed by atoms with Crippen molar-refractivity contribution in [2.45, 2.75) is 19.3 Å². The zero-order chi connectivity index (χ0) is 32.7. The molecule has 0 heterocycles. The first-order valence-corrected chi connectivity index (χ1v) is 17.3. The lowest BCUT2D eigenvalue weighted by molar-refractivity contribution is 0.660. The third kappa shape index (κ3) is 4.11. The van der Waals surface area contributed by atoms with Crippen LogP contribution < -0.4 is 0 Å². The minimum absolute atomic E-state index is 0.0788. The van der Waals surface area contributed by atoms with E-state index in [1.807, 2.05) is 0 Å². The number of hydrogen-bond donors (Lipinski definition) is 0. The third-order valence-corrected chi connectivity index (χ3v) is 11.0. The molecule has 0 nitrogen and oxygen atoms in total. The van der Waals surface area contributed by atoms with Gasteiger partial charge in [0.05, 0.1) is 0 Å². The van der Waals surface area contributed by atoms with Gasteiger partial charge in [0.15, 0.2) is 0 Å². The van der Waals surface area contributed by atoms with Crippen LogP contribution in [-0.4, -0.2) is 0 Å². The Morgan fingerprint density at radius 1 is 0.306 bits per heavy atom. The maximum Gasteiger partial charge on any atom is 0.0159 e. The van der Waals surface area contributed by atoms with Crippen LogP contribution in [0.15, 0.2) is 170 Å². The summed E-state index contributed by atoms with van der Waals surface area (Å²) < 4.78 is 0. The minimum Gasteiger partial charge on any atom is -0.0622 e. The summed E-state index contributed by atoms with van der Waals surface area (Å²) in [5.74, 6) is 0. The van der Waals surface area contributed by atoms with Crippen molar-refractivity contribution in [3.8, 4) is 44.5 Å². The maximum atomic E-state index is 2.48. The Morgan fingerprint density at radius 2 is 0.837 bits per heavy atom. The molecule has 0 saturated carbocycles. The fraction of sp³-hybridized carbons (Fsp3) is 0.0612. The van der Waals surface area contributed by atoms with Crippen molar-refractivity contribution < 1.29 is 0 Å². The van der Waals surface area contributed by atoms with E-state index in [1.165, 1.54) is 98.7 Å². The van der Waals surface area contributed by atoms with Gasteiger partial charge in [-0.25, -0.2) is 0 Å². The van der Waals surface area contributed by atoms with E-state index in [0.29, 0.717) is 0 Å². The smallest absolute Gasteiger partial charge is 0.0159 e. The van der Waals surface area contributed by atoms with E-state index in [0.717, 1.165) is 0 Å². The molecule has 0 N–H and O–H groups in total. The van der Waals surface area contributed by atoms with Crippen molar-refractivity contribution in [2.75, 3.05) is 0 Å². The van der Waals surface area contributed by atoms with Crippen LogP contribution in [-0.2, 0) is 5.41 Å². The van der Waals surface area contributed by atoms with Crippen LogP contribution in [0.1, 0.15) is 25.0 Å². The largest absolute Gasteiger partial charge is 0.0622 e. The van der Waals surface area contributed by atoms with Crippen molar-refractivity contribution >= 4 is 43.1 Å². The summed E-state index contributed by atoms with van der Waals surface area (Å²) in [5, 5.41) is 10.2. The summed E-state index contributed by atoms with van der Waals surface area (Å²) in [4.78, 5) is 0. The van der Waals surface area contributed by atoms with Gasteiger partial charge >= 0.3 is 0 Å². The van der Waals surface area contributed by atoms with Crippen molar-refractivity contribution in [1.82, 2.24) is 0 Å². The number of hydrogen-bond acceptors (Lipinski definition) is 0. The van der Waals surface area contributed by atoms with E-state index in [4.69, 9.17) is 0 Å². The predicted octanol–water partition coefficient (Wildman–Crippen LogP) is 13.6. The van der Waals surface area contributed by atoms with Crippen LogP contribution in [0.3, 0.4) is 0 Å². The lowest BCUT2D eigenvalue weighted by Gasteiger charge is -2.23. The average molecular weight is 623 g/mol. The normalized spacial score (nSPS) is 13.3. The molecule has 9 aromatic rings. The SMILES string of the molecule is CC1(C)c2ccccc2-c2ccc(-c3c4ccccc4c(-c4c5ccccc5cc5ccccc45)c4ccc(-c5ccccc5)cc34)cc21. The Bertz CT molecular complexity index is 2730. The van der Waals surface area contributed by atoms with Gasteiger partial charge in [-0.3, -0.25) is 0 Å². The number of rotatable bonds is 3.